The largest absolute Gasteiger partial charge is 0.253 e. The lowest BCUT2D eigenvalue weighted by atomic mass is 10.1. The Kier molecular flexibility index (Phi) is 6.16. The number of hydrogen-bond acceptors (Lipinski definition) is 4. The summed E-state index contributed by atoms with van der Waals surface area (Å²) < 4.78 is 0. The Morgan fingerprint density at radius 1 is 0.828 bits per heavy atom. The van der Waals surface area contributed by atoms with Crippen molar-refractivity contribution in [3.8, 4) is 21.7 Å². The van der Waals surface area contributed by atoms with Crippen LogP contribution in [0, 0.1) is 0 Å². The van der Waals surface area contributed by atoms with Crippen LogP contribution in [0.25, 0.3) is 21.7 Å². The first-order valence-electron chi connectivity index (χ1n) is 8.66. The SMILES string of the molecule is Clc1ccc(-c2nc(NN=Cc3ccc(Cl)cc3Cl)sc2-c2ccccc2)cc1. The van der Waals surface area contributed by atoms with E-state index in [2.05, 4.69) is 22.7 Å². The van der Waals surface area contributed by atoms with Gasteiger partial charge in [-0.2, -0.15) is 5.10 Å². The molecule has 0 aliphatic heterocycles. The maximum atomic E-state index is 6.19. The van der Waals surface area contributed by atoms with E-state index in [1.165, 1.54) is 11.3 Å². The molecule has 0 atom stereocenters. The van der Waals surface area contributed by atoms with Gasteiger partial charge in [-0.1, -0.05) is 94.7 Å². The third kappa shape index (κ3) is 4.80. The molecule has 29 heavy (non-hydrogen) atoms. The highest BCUT2D eigenvalue weighted by Crippen LogP contribution is 2.39. The summed E-state index contributed by atoms with van der Waals surface area (Å²) in [6, 6.07) is 23.0. The molecule has 0 spiro atoms. The summed E-state index contributed by atoms with van der Waals surface area (Å²) >= 11 is 19.7. The average Bonchev–Trinajstić information content (AvgIpc) is 3.15. The van der Waals surface area contributed by atoms with Gasteiger partial charge in [-0.25, -0.2) is 4.98 Å². The van der Waals surface area contributed by atoms with Gasteiger partial charge in [-0.3, -0.25) is 5.43 Å². The molecule has 0 radical (unpaired) electrons. The number of nitrogens with zero attached hydrogens (tertiary/aromatic N) is 2. The van der Waals surface area contributed by atoms with Gasteiger partial charge in [-0.05, 0) is 29.8 Å². The Morgan fingerprint density at radius 3 is 2.28 bits per heavy atom. The number of thiazole rings is 1. The van der Waals surface area contributed by atoms with Crippen LogP contribution in [-0.4, -0.2) is 11.2 Å². The number of aromatic nitrogens is 1. The van der Waals surface area contributed by atoms with Gasteiger partial charge in [0.25, 0.3) is 0 Å². The third-order valence-electron chi connectivity index (χ3n) is 4.11. The smallest absolute Gasteiger partial charge is 0.204 e. The standard InChI is InChI=1S/C22H14Cl3N3S/c23-17-9-6-14(7-10-17)20-21(15-4-2-1-3-5-15)29-22(27-20)28-26-13-16-8-11-18(24)12-19(16)25/h1-13H,(H,27,28). The summed E-state index contributed by atoms with van der Waals surface area (Å²) in [5.41, 5.74) is 6.72. The van der Waals surface area contributed by atoms with Crippen molar-refractivity contribution in [2.24, 2.45) is 5.10 Å². The van der Waals surface area contributed by atoms with E-state index < -0.39 is 0 Å². The molecule has 3 nitrogen and oxygen atoms in total. The fraction of sp³-hybridized carbons (Fsp3) is 0. The number of nitrogens with one attached hydrogen (secondary N) is 1. The van der Waals surface area contributed by atoms with Crippen LogP contribution in [0.3, 0.4) is 0 Å². The lowest BCUT2D eigenvalue weighted by molar-refractivity contribution is 1.29. The summed E-state index contributed by atoms with van der Waals surface area (Å²) in [5.74, 6) is 0. The van der Waals surface area contributed by atoms with Gasteiger partial charge in [0, 0.05) is 21.2 Å². The van der Waals surface area contributed by atoms with Gasteiger partial charge < -0.3 is 0 Å². The van der Waals surface area contributed by atoms with E-state index in [0.717, 1.165) is 27.3 Å². The molecule has 1 heterocycles. The van der Waals surface area contributed by atoms with Crippen molar-refractivity contribution in [2.75, 3.05) is 5.43 Å². The Morgan fingerprint density at radius 2 is 1.55 bits per heavy atom. The van der Waals surface area contributed by atoms with E-state index >= 15 is 0 Å². The van der Waals surface area contributed by atoms with Crippen molar-refractivity contribution in [3.63, 3.8) is 0 Å². The van der Waals surface area contributed by atoms with Gasteiger partial charge in [0.05, 0.1) is 21.8 Å². The summed E-state index contributed by atoms with van der Waals surface area (Å²) in [6.07, 6.45) is 1.64. The maximum Gasteiger partial charge on any atom is 0.204 e. The predicted molar refractivity (Wildman–Crippen MR) is 126 cm³/mol. The molecule has 4 aromatic rings. The van der Waals surface area contributed by atoms with E-state index in [4.69, 9.17) is 39.8 Å². The summed E-state index contributed by atoms with van der Waals surface area (Å²) in [6.45, 7) is 0. The van der Waals surface area contributed by atoms with Crippen molar-refractivity contribution in [3.05, 3.63) is 93.4 Å². The van der Waals surface area contributed by atoms with Crippen LogP contribution in [-0.2, 0) is 0 Å². The minimum Gasteiger partial charge on any atom is -0.253 e. The number of rotatable bonds is 5. The van der Waals surface area contributed by atoms with Crippen LogP contribution in [0.5, 0.6) is 0 Å². The molecule has 0 saturated carbocycles. The minimum absolute atomic E-state index is 0.536. The van der Waals surface area contributed by atoms with Gasteiger partial charge in [0.2, 0.25) is 5.13 Å². The van der Waals surface area contributed by atoms with E-state index in [0.29, 0.717) is 20.2 Å². The summed E-state index contributed by atoms with van der Waals surface area (Å²) in [5, 5.41) is 6.77. The minimum atomic E-state index is 0.536. The molecule has 1 N–H and O–H groups in total. The second kappa shape index (κ2) is 8.97. The second-order valence-electron chi connectivity index (χ2n) is 6.11. The zero-order valence-corrected chi connectivity index (χ0v) is 18.0. The number of benzene rings is 3. The zero-order valence-electron chi connectivity index (χ0n) is 14.9. The van der Waals surface area contributed by atoms with Crippen LogP contribution >= 0.6 is 46.1 Å². The summed E-state index contributed by atoms with van der Waals surface area (Å²) in [4.78, 5) is 5.80. The Bertz CT molecular complexity index is 1160. The number of anilines is 1. The van der Waals surface area contributed by atoms with Gasteiger partial charge >= 0.3 is 0 Å². The molecular weight excluding hydrogens is 445 g/mol. The third-order valence-corrected chi connectivity index (χ3v) is 5.93. The van der Waals surface area contributed by atoms with E-state index in [9.17, 15) is 0 Å². The molecule has 0 aliphatic rings. The molecule has 0 saturated heterocycles. The first-order chi connectivity index (χ1) is 14.1. The zero-order chi connectivity index (χ0) is 20.2. The second-order valence-corrected chi connectivity index (χ2v) is 8.38. The predicted octanol–water partition coefficient (Wildman–Crippen LogP) is 7.88. The van der Waals surface area contributed by atoms with Crippen molar-refractivity contribution in [2.45, 2.75) is 0 Å². The fourth-order valence-corrected chi connectivity index (χ4v) is 4.25. The van der Waals surface area contributed by atoms with Crippen LogP contribution in [0.2, 0.25) is 15.1 Å². The maximum absolute atomic E-state index is 6.19. The molecule has 0 aliphatic carbocycles. The highest BCUT2D eigenvalue weighted by molar-refractivity contribution is 7.19. The van der Waals surface area contributed by atoms with Crippen molar-refractivity contribution in [1.29, 1.82) is 0 Å². The van der Waals surface area contributed by atoms with Gasteiger partial charge in [-0.15, -0.1) is 0 Å². The first kappa shape index (κ1) is 19.9. The lowest BCUT2D eigenvalue weighted by Gasteiger charge is -2.02. The van der Waals surface area contributed by atoms with E-state index in [1.807, 2.05) is 48.5 Å². The quantitative estimate of drug-likeness (QED) is 0.244. The highest BCUT2D eigenvalue weighted by atomic mass is 35.5. The topological polar surface area (TPSA) is 37.3 Å². The van der Waals surface area contributed by atoms with Crippen molar-refractivity contribution < 1.29 is 0 Å². The molecule has 7 heteroatoms. The van der Waals surface area contributed by atoms with Crippen LogP contribution in [0.4, 0.5) is 5.13 Å². The van der Waals surface area contributed by atoms with E-state index in [1.54, 1.807) is 18.3 Å². The van der Waals surface area contributed by atoms with Crippen LogP contribution < -0.4 is 5.43 Å². The molecule has 0 amide bonds. The Hall–Kier alpha value is -2.37. The molecule has 0 unspecified atom stereocenters. The first-order valence-corrected chi connectivity index (χ1v) is 10.6. The van der Waals surface area contributed by atoms with Crippen LogP contribution in [0.1, 0.15) is 5.56 Å². The summed E-state index contributed by atoms with van der Waals surface area (Å²) in [7, 11) is 0. The number of hydrazone groups is 1. The van der Waals surface area contributed by atoms with Crippen molar-refractivity contribution in [1.82, 2.24) is 4.98 Å². The molecule has 4 rings (SSSR count). The Labute approximate surface area is 187 Å². The van der Waals surface area contributed by atoms with Gasteiger partial charge in [0.15, 0.2) is 0 Å². The monoisotopic (exact) mass is 457 g/mol. The average molecular weight is 459 g/mol. The Balaban J connectivity index is 1.66. The molecular formula is C22H14Cl3N3S. The van der Waals surface area contributed by atoms with Gasteiger partial charge in [0.1, 0.15) is 0 Å². The highest BCUT2D eigenvalue weighted by Gasteiger charge is 2.14. The molecule has 1 aromatic heterocycles. The normalized spacial score (nSPS) is 11.1. The van der Waals surface area contributed by atoms with E-state index in [-0.39, 0.29) is 0 Å². The fourth-order valence-electron chi connectivity index (χ4n) is 2.72. The number of hydrogen-bond donors (Lipinski definition) is 1. The van der Waals surface area contributed by atoms with Crippen molar-refractivity contribution >= 4 is 57.5 Å². The molecule has 3 aromatic carbocycles. The lowest BCUT2D eigenvalue weighted by Crippen LogP contribution is -1.91. The van der Waals surface area contributed by atoms with Crippen LogP contribution in [0.15, 0.2) is 77.9 Å². The molecule has 0 fully saturated rings. The molecule has 0 bridgehead atoms. The number of halogens is 3. The molecule has 144 valence electrons.